The highest BCUT2D eigenvalue weighted by atomic mass is 16.6. The van der Waals surface area contributed by atoms with Crippen molar-refractivity contribution >= 4 is 23.6 Å². The lowest BCUT2D eigenvalue weighted by Gasteiger charge is -2.48. The Balaban J connectivity index is 1.93. The first kappa shape index (κ1) is 29.3. The summed E-state index contributed by atoms with van der Waals surface area (Å²) in [5.41, 5.74) is -2.84. The van der Waals surface area contributed by atoms with Crippen molar-refractivity contribution in [2.24, 2.45) is 16.7 Å². The fourth-order valence-corrected chi connectivity index (χ4v) is 5.66. The van der Waals surface area contributed by atoms with Crippen LogP contribution in [0, 0.1) is 16.7 Å². The number of Topliss-reactive ketones (excluding diaryl/α,β-unsaturated/α-hetero) is 2. The number of carboxylic acids is 1. The van der Waals surface area contributed by atoms with Crippen LogP contribution in [0.25, 0.3) is 0 Å². The number of hydrogen-bond acceptors (Lipinski definition) is 6. The molecule has 35 heavy (non-hydrogen) atoms. The van der Waals surface area contributed by atoms with Crippen LogP contribution in [0.5, 0.6) is 0 Å². The molecule has 0 aromatic heterocycles. The van der Waals surface area contributed by atoms with Crippen LogP contribution >= 0.6 is 0 Å². The lowest BCUT2D eigenvalue weighted by atomic mass is 9.54. The van der Waals surface area contributed by atoms with Crippen molar-refractivity contribution in [3.63, 3.8) is 0 Å². The number of amides is 1. The molecular weight excluding hydrogens is 450 g/mol. The summed E-state index contributed by atoms with van der Waals surface area (Å²) in [6.07, 6.45) is 2.75. The molecule has 1 saturated carbocycles. The molecule has 0 aromatic carbocycles. The zero-order chi connectivity index (χ0) is 26.8. The van der Waals surface area contributed by atoms with Gasteiger partial charge in [0.1, 0.15) is 22.9 Å². The standard InChI is InChI=1S/C27H45NO7/c1-18(15-20-17-28(25(5,6)34-20)23(33)35-24(2,3)4)14-19(29)11-13-27(8)21(30)10-9-12-26(27,7)16-22(31)32/h18,20H,9-17H2,1-8H3,(H,31,32)/t18-,20+,26+,27+/m0/s1. The van der Waals surface area contributed by atoms with E-state index in [2.05, 4.69) is 0 Å². The fourth-order valence-electron chi connectivity index (χ4n) is 5.66. The van der Waals surface area contributed by atoms with Gasteiger partial charge in [0.2, 0.25) is 0 Å². The van der Waals surface area contributed by atoms with Gasteiger partial charge in [-0.05, 0) is 71.6 Å². The third-order valence-corrected chi connectivity index (χ3v) is 7.87. The Bertz CT molecular complexity index is 830. The predicted molar refractivity (Wildman–Crippen MR) is 132 cm³/mol. The highest BCUT2D eigenvalue weighted by Crippen LogP contribution is 2.53. The molecule has 200 valence electrons. The number of carbonyl (C=O) groups is 4. The third kappa shape index (κ3) is 7.28. The van der Waals surface area contributed by atoms with Crippen LogP contribution in [-0.4, -0.2) is 57.6 Å². The number of hydrogen-bond donors (Lipinski definition) is 1. The van der Waals surface area contributed by atoms with Crippen LogP contribution in [0.15, 0.2) is 0 Å². The van der Waals surface area contributed by atoms with Crippen molar-refractivity contribution in [2.45, 2.75) is 124 Å². The Labute approximate surface area is 210 Å². The van der Waals surface area contributed by atoms with E-state index in [1.165, 1.54) is 0 Å². The summed E-state index contributed by atoms with van der Waals surface area (Å²) in [4.78, 5) is 51.4. The number of aliphatic carboxylic acids is 1. The maximum atomic E-state index is 12.9. The van der Waals surface area contributed by atoms with E-state index in [9.17, 15) is 24.3 Å². The first-order chi connectivity index (χ1) is 15.9. The Hall–Kier alpha value is -1.96. The second-order valence-corrected chi connectivity index (χ2v) is 12.6. The van der Waals surface area contributed by atoms with Crippen molar-refractivity contribution < 1.29 is 33.8 Å². The molecule has 1 heterocycles. The summed E-state index contributed by atoms with van der Waals surface area (Å²) < 4.78 is 11.6. The molecule has 2 aliphatic rings. The van der Waals surface area contributed by atoms with Gasteiger partial charge in [-0.3, -0.25) is 19.3 Å². The predicted octanol–water partition coefficient (Wildman–Crippen LogP) is 5.36. The van der Waals surface area contributed by atoms with Crippen LogP contribution in [0.4, 0.5) is 4.79 Å². The molecule has 2 rings (SSSR count). The zero-order valence-electron chi connectivity index (χ0n) is 22.9. The molecule has 0 bridgehead atoms. The average Bonchev–Trinajstić information content (AvgIpc) is 2.96. The van der Waals surface area contributed by atoms with Crippen molar-refractivity contribution in [3.05, 3.63) is 0 Å². The molecule has 8 nitrogen and oxygen atoms in total. The molecule has 1 saturated heterocycles. The van der Waals surface area contributed by atoms with E-state index < -0.39 is 34.2 Å². The highest BCUT2D eigenvalue weighted by Gasteiger charge is 2.52. The molecule has 0 aromatic rings. The summed E-state index contributed by atoms with van der Waals surface area (Å²) in [5.74, 6) is -0.733. The van der Waals surface area contributed by atoms with Gasteiger partial charge in [-0.15, -0.1) is 0 Å². The number of nitrogens with zero attached hydrogens (tertiary/aromatic N) is 1. The summed E-state index contributed by atoms with van der Waals surface area (Å²) in [6, 6.07) is 0. The number of carboxylic acid groups (broad SMARTS) is 1. The summed E-state index contributed by atoms with van der Waals surface area (Å²) in [6.45, 7) is 15.3. The van der Waals surface area contributed by atoms with Crippen molar-refractivity contribution in [1.82, 2.24) is 4.90 Å². The molecule has 0 spiro atoms. The van der Waals surface area contributed by atoms with E-state index in [-0.39, 0.29) is 36.4 Å². The Kier molecular flexibility index (Phi) is 8.84. The van der Waals surface area contributed by atoms with Crippen LogP contribution in [-0.2, 0) is 23.9 Å². The van der Waals surface area contributed by atoms with Crippen molar-refractivity contribution in [3.8, 4) is 0 Å². The first-order valence-corrected chi connectivity index (χ1v) is 12.8. The largest absolute Gasteiger partial charge is 0.481 e. The second kappa shape index (κ2) is 10.6. The molecule has 1 N–H and O–H groups in total. The molecule has 8 heteroatoms. The Morgan fingerprint density at radius 2 is 1.83 bits per heavy atom. The van der Waals surface area contributed by atoms with E-state index in [0.29, 0.717) is 45.1 Å². The maximum Gasteiger partial charge on any atom is 0.412 e. The molecule has 2 fully saturated rings. The smallest absolute Gasteiger partial charge is 0.412 e. The quantitative estimate of drug-likeness (QED) is 0.458. The van der Waals surface area contributed by atoms with Gasteiger partial charge < -0.3 is 14.6 Å². The summed E-state index contributed by atoms with van der Waals surface area (Å²) >= 11 is 0. The minimum Gasteiger partial charge on any atom is -0.481 e. The lowest BCUT2D eigenvalue weighted by Crippen LogP contribution is -2.48. The van der Waals surface area contributed by atoms with E-state index in [0.717, 1.165) is 0 Å². The molecular formula is C27H45NO7. The Morgan fingerprint density at radius 3 is 2.40 bits per heavy atom. The number of carbonyl (C=O) groups excluding carboxylic acids is 3. The summed E-state index contributed by atoms with van der Waals surface area (Å²) in [7, 11) is 0. The summed E-state index contributed by atoms with van der Waals surface area (Å²) in [5, 5.41) is 9.40. The minimum atomic E-state index is -0.909. The van der Waals surface area contributed by atoms with Gasteiger partial charge in [0.05, 0.1) is 19.1 Å². The van der Waals surface area contributed by atoms with Crippen molar-refractivity contribution in [2.75, 3.05) is 6.54 Å². The van der Waals surface area contributed by atoms with Crippen LogP contribution in [0.1, 0.15) is 107 Å². The first-order valence-electron chi connectivity index (χ1n) is 12.8. The topological polar surface area (TPSA) is 110 Å². The van der Waals surface area contributed by atoms with Crippen molar-refractivity contribution in [1.29, 1.82) is 0 Å². The van der Waals surface area contributed by atoms with Gasteiger partial charge in [0, 0.05) is 24.7 Å². The second-order valence-electron chi connectivity index (χ2n) is 12.6. The minimum absolute atomic E-state index is 0.0437. The molecule has 1 aliphatic carbocycles. The van der Waals surface area contributed by atoms with Gasteiger partial charge in [-0.2, -0.15) is 0 Å². The van der Waals surface area contributed by atoms with E-state index >= 15 is 0 Å². The molecule has 0 unspecified atom stereocenters. The van der Waals surface area contributed by atoms with Crippen LogP contribution in [0.2, 0.25) is 0 Å². The third-order valence-electron chi connectivity index (χ3n) is 7.87. The maximum absolute atomic E-state index is 12.9. The van der Waals surface area contributed by atoms with Gasteiger partial charge >= 0.3 is 12.1 Å². The van der Waals surface area contributed by atoms with E-state index in [1.807, 2.05) is 55.4 Å². The number of ether oxygens (including phenoxy) is 2. The average molecular weight is 496 g/mol. The normalized spacial score (nSPS) is 29.7. The van der Waals surface area contributed by atoms with Gasteiger partial charge in [-0.25, -0.2) is 4.79 Å². The Morgan fingerprint density at radius 1 is 1.20 bits per heavy atom. The van der Waals surface area contributed by atoms with Gasteiger partial charge in [0.15, 0.2) is 0 Å². The molecule has 1 aliphatic heterocycles. The molecule has 1 amide bonds. The van der Waals surface area contributed by atoms with Gasteiger partial charge in [-0.1, -0.05) is 20.8 Å². The fraction of sp³-hybridized carbons (Fsp3) is 0.852. The molecule has 4 atom stereocenters. The van der Waals surface area contributed by atoms with Crippen LogP contribution < -0.4 is 0 Å². The SMILES string of the molecule is C[C@@H](CC(=O)CC[C@]1(C)C(=O)CCC[C@]1(C)CC(=O)O)C[C@@H]1CN(C(=O)OC(C)(C)C)C(C)(C)O1. The molecule has 0 radical (unpaired) electrons. The monoisotopic (exact) mass is 495 g/mol. The van der Waals surface area contributed by atoms with E-state index in [1.54, 1.807) is 4.90 Å². The van der Waals surface area contributed by atoms with Crippen LogP contribution in [0.3, 0.4) is 0 Å². The van der Waals surface area contributed by atoms with E-state index in [4.69, 9.17) is 9.47 Å². The number of rotatable bonds is 9. The highest BCUT2D eigenvalue weighted by molar-refractivity contribution is 5.88. The lowest BCUT2D eigenvalue weighted by molar-refractivity contribution is -0.150. The zero-order valence-corrected chi connectivity index (χ0v) is 22.9. The van der Waals surface area contributed by atoms with Gasteiger partial charge in [0.25, 0.3) is 0 Å². The number of ketones is 2.